The van der Waals surface area contributed by atoms with Gasteiger partial charge in [0.1, 0.15) is 0 Å². The van der Waals surface area contributed by atoms with E-state index in [9.17, 15) is 13.2 Å². The number of nitrogens with one attached hydrogen (secondary N) is 1. The van der Waals surface area contributed by atoms with Crippen molar-refractivity contribution in [1.29, 1.82) is 0 Å². The molecule has 0 radical (unpaired) electrons. The van der Waals surface area contributed by atoms with Gasteiger partial charge < -0.3 is 15.1 Å². The molecule has 0 amide bonds. The number of likely N-dealkylation sites (N-methyl/N-ethyl adjacent to an activating group) is 1. The molecule has 1 atom stereocenters. The minimum atomic E-state index is -4.44. The Labute approximate surface area is 217 Å². The lowest BCUT2D eigenvalue weighted by atomic mass is 10.1. The number of hydrogen-bond donors (Lipinski definition) is 1. The van der Waals surface area contributed by atoms with E-state index < -0.39 is 11.7 Å². The van der Waals surface area contributed by atoms with Crippen LogP contribution in [0.15, 0.2) is 66.9 Å². The van der Waals surface area contributed by atoms with Crippen LogP contribution in [0.25, 0.3) is 21.8 Å². The molecule has 2 aromatic carbocycles. The quantitative estimate of drug-likeness (QED) is 0.324. The number of rotatable bonds is 6. The van der Waals surface area contributed by atoms with Crippen molar-refractivity contribution in [2.45, 2.75) is 19.1 Å². The molecule has 4 aromatic rings. The summed E-state index contributed by atoms with van der Waals surface area (Å²) >= 11 is 1.45. The first kappa shape index (κ1) is 25.2. The molecule has 6 nitrogen and oxygen atoms in total. The molecule has 0 bridgehead atoms. The van der Waals surface area contributed by atoms with Crippen LogP contribution < -0.4 is 10.2 Å². The van der Waals surface area contributed by atoms with E-state index in [1.54, 1.807) is 18.3 Å². The smallest absolute Gasteiger partial charge is 0.348 e. The zero-order valence-electron chi connectivity index (χ0n) is 20.5. The van der Waals surface area contributed by atoms with E-state index in [-0.39, 0.29) is 6.04 Å². The third-order valence-corrected chi connectivity index (χ3v) is 7.53. The monoisotopic (exact) mass is 524 g/mol. The maximum atomic E-state index is 13.5. The van der Waals surface area contributed by atoms with E-state index in [1.165, 1.54) is 17.4 Å². The maximum Gasteiger partial charge on any atom is 0.416 e. The Hall–Kier alpha value is -3.50. The van der Waals surface area contributed by atoms with Gasteiger partial charge in [-0.25, -0.2) is 15.0 Å². The van der Waals surface area contributed by atoms with E-state index >= 15 is 0 Å². The minimum absolute atomic E-state index is 0.0262. The van der Waals surface area contributed by atoms with E-state index in [0.717, 1.165) is 49.0 Å². The van der Waals surface area contributed by atoms with Gasteiger partial charge in [-0.3, -0.25) is 0 Å². The molecule has 1 unspecified atom stereocenters. The second kappa shape index (κ2) is 10.5. The molecule has 3 heterocycles. The van der Waals surface area contributed by atoms with Crippen LogP contribution in [0.3, 0.4) is 0 Å². The predicted molar refractivity (Wildman–Crippen MR) is 142 cm³/mol. The number of halogens is 3. The van der Waals surface area contributed by atoms with E-state index in [4.69, 9.17) is 9.97 Å². The average molecular weight is 525 g/mol. The van der Waals surface area contributed by atoms with Gasteiger partial charge in [0.15, 0.2) is 5.13 Å². The van der Waals surface area contributed by atoms with Gasteiger partial charge in [-0.2, -0.15) is 13.2 Å². The van der Waals surface area contributed by atoms with Crippen molar-refractivity contribution in [2.75, 3.05) is 43.4 Å². The molecule has 1 fully saturated rings. The second-order valence-corrected chi connectivity index (χ2v) is 10.1. The van der Waals surface area contributed by atoms with Gasteiger partial charge in [0, 0.05) is 37.9 Å². The first-order valence-electron chi connectivity index (χ1n) is 12.0. The number of alkyl halides is 3. The van der Waals surface area contributed by atoms with Crippen molar-refractivity contribution in [3.8, 4) is 21.8 Å². The summed E-state index contributed by atoms with van der Waals surface area (Å²) in [6, 6.07) is 17.0. The minimum Gasteiger partial charge on any atom is -0.348 e. The van der Waals surface area contributed by atoms with E-state index in [2.05, 4.69) is 27.1 Å². The largest absolute Gasteiger partial charge is 0.416 e. The summed E-state index contributed by atoms with van der Waals surface area (Å²) in [6.07, 6.45) is -2.78. The zero-order chi connectivity index (χ0) is 26.0. The summed E-state index contributed by atoms with van der Waals surface area (Å²) < 4.78 is 40.5. The first-order valence-corrected chi connectivity index (χ1v) is 12.9. The van der Waals surface area contributed by atoms with Crippen molar-refractivity contribution in [2.24, 2.45) is 0 Å². The molecule has 1 saturated heterocycles. The molecule has 37 heavy (non-hydrogen) atoms. The van der Waals surface area contributed by atoms with Crippen LogP contribution in [0.5, 0.6) is 0 Å². The van der Waals surface area contributed by atoms with Crippen LogP contribution in [0.1, 0.15) is 24.1 Å². The predicted octanol–water partition coefficient (Wildman–Crippen LogP) is 6.21. The van der Waals surface area contributed by atoms with Crippen LogP contribution in [-0.2, 0) is 6.18 Å². The Balaban J connectivity index is 1.53. The topological polar surface area (TPSA) is 57.2 Å². The lowest BCUT2D eigenvalue weighted by Crippen LogP contribution is -2.44. The SMILES string of the molecule is CC(Nc1nccc(-c2sc(N3CCN(C)CC3)nc2-c2cccc(C(F)(F)F)c2)n1)c1ccccc1. The summed E-state index contributed by atoms with van der Waals surface area (Å²) in [6.45, 7) is 5.42. The molecule has 1 aliphatic rings. The lowest BCUT2D eigenvalue weighted by molar-refractivity contribution is -0.137. The van der Waals surface area contributed by atoms with Gasteiger partial charge in [0.05, 0.1) is 27.9 Å². The third-order valence-electron chi connectivity index (χ3n) is 6.39. The number of benzene rings is 2. The van der Waals surface area contributed by atoms with Crippen molar-refractivity contribution in [3.05, 3.63) is 78.0 Å². The normalized spacial score (nSPS) is 15.5. The maximum absolute atomic E-state index is 13.5. The molecule has 10 heteroatoms. The highest BCUT2D eigenvalue weighted by atomic mass is 32.1. The molecule has 0 aliphatic carbocycles. The van der Waals surface area contributed by atoms with E-state index in [1.807, 2.05) is 37.3 Å². The molecule has 2 aromatic heterocycles. The van der Waals surface area contributed by atoms with E-state index in [0.29, 0.717) is 27.8 Å². The molecular formula is C27H27F3N6S. The molecule has 0 saturated carbocycles. The number of aromatic nitrogens is 3. The van der Waals surface area contributed by atoms with Crippen molar-refractivity contribution < 1.29 is 13.2 Å². The van der Waals surface area contributed by atoms with Crippen LogP contribution >= 0.6 is 11.3 Å². The fraction of sp³-hybridized carbons (Fsp3) is 0.296. The highest BCUT2D eigenvalue weighted by Gasteiger charge is 2.31. The van der Waals surface area contributed by atoms with Gasteiger partial charge in [0.2, 0.25) is 5.95 Å². The van der Waals surface area contributed by atoms with Gasteiger partial charge in [-0.05, 0) is 37.7 Å². The van der Waals surface area contributed by atoms with Crippen LogP contribution in [0, 0.1) is 0 Å². The van der Waals surface area contributed by atoms with Gasteiger partial charge >= 0.3 is 6.18 Å². The summed E-state index contributed by atoms with van der Waals surface area (Å²) in [4.78, 5) is 19.1. The van der Waals surface area contributed by atoms with Crippen LogP contribution in [0.2, 0.25) is 0 Å². The second-order valence-electron chi connectivity index (χ2n) is 9.09. The third kappa shape index (κ3) is 5.75. The van der Waals surface area contributed by atoms with Gasteiger partial charge in [0.25, 0.3) is 0 Å². The summed E-state index contributed by atoms with van der Waals surface area (Å²) in [5.74, 6) is 0.443. The van der Waals surface area contributed by atoms with Crippen LogP contribution in [-0.4, -0.2) is 53.1 Å². The number of anilines is 2. The summed E-state index contributed by atoms with van der Waals surface area (Å²) in [5.41, 5.74) is 1.91. The molecule has 192 valence electrons. The number of hydrogen-bond acceptors (Lipinski definition) is 7. The molecule has 1 N–H and O–H groups in total. The molecule has 5 rings (SSSR count). The lowest BCUT2D eigenvalue weighted by Gasteiger charge is -2.32. The molecule has 0 spiro atoms. The Morgan fingerprint density at radius 1 is 0.946 bits per heavy atom. The van der Waals surface area contributed by atoms with Crippen molar-refractivity contribution in [1.82, 2.24) is 19.9 Å². The highest BCUT2D eigenvalue weighted by molar-refractivity contribution is 7.19. The zero-order valence-corrected chi connectivity index (χ0v) is 21.4. The molecular weight excluding hydrogens is 497 g/mol. The Morgan fingerprint density at radius 2 is 1.70 bits per heavy atom. The van der Waals surface area contributed by atoms with Crippen molar-refractivity contribution >= 4 is 22.4 Å². The number of piperazine rings is 1. The Morgan fingerprint density at radius 3 is 2.43 bits per heavy atom. The average Bonchev–Trinajstić information content (AvgIpc) is 3.35. The molecule has 1 aliphatic heterocycles. The number of thiazole rings is 1. The summed E-state index contributed by atoms with van der Waals surface area (Å²) in [7, 11) is 2.07. The highest BCUT2D eigenvalue weighted by Crippen LogP contribution is 2.41. The van der Waals surface area contributed by atoms with Gasteiger partial charge in [-0.15, -0.1) is 0 Å². The standard InChI is InChI=1S/C27H27F3N6S/c1-18(19-7-4-3-5-8-19)32-25-31-12-11-22(33-25)24-23(20-9-6-10-21(17-20)27(28,29)30)34-26(37-24)36-15-13-35(2)14-16-36/h3-12,17-18H,13-16H2,1-2H3,(H,31,32,33). The number of nitrogens with zero attached hydrogens (tertiary/aromatic N) is 5. The van der Waals surface area contributed by atoms with Crippen LogP contribution in [0.4, 0.5) is 24.3 Å². The van der Waals surface area contributed by atoms with Crippen molar-refractivity contribution in [3.63, 3.8) is 0 Å². The first-order chi connectivity index (χ1) is 17.8. The fourth-order valence-electron chi connectivity index (χ4n) is 4.23. The summed E-state index contributed by atoms with van der Waals surface area (Å²) in [5, 5.41) is 4.11. The Bertz CT molecular complexity index is 1350. The Kier molecular flexibility index (Phi) is 7.12. The fourth-order valence-corrected chi connectivity index (χ4v) is 5.34. The van der Waals surface area contributed by atoms with Gasteiger partial charge in [-0.1, -0.05) is 53.8 Å².